The van der Waals surface area contributed by atoms with Gasteiger partial charge in [-0.2, -0.15) is 0 Å². The van der Waals surface area contributed by atoms with E-state index < -0.39 is 6.04 Å². The van der Waals surface area contributed by atoms with Crippen LogP contribution in [0.5, 0.6) is 0 Å². The highest BCUT2D eigenvalue weighted by atomic mass is 16.3. The summed E-state index contributed by atoms with van der Waals surface area (Å²) in [5.74, 6) is 0.226. The molecule has 142 valence electrons. The van der Waals surface area contributed by atoms with Crippen LogP contribution in [-0.4, -0.2) is 10.9 Å². The molecule has 0 radical (unpaired) electrons. The predicted molar refractivity (Wildman–Crippen MR) is 111 cm³/mol. The van der Waals surface area contributed by atoms with Crippen molar-refractivity contribution in [3.63, 3.8) is 0 Å². The molecule has 1 amide bonds. The van der Waals surface area contributed by atoms with E-state index in [0.29, 0.717) is 22.4 Å². The molecule has 0 saturated carbocycles. The van der Waals surface area contributed by atoms with Crippen LogP contribution < -0.4 is 10.3 Å². The van der Waals surface area contributed by atoms with Crippen LogP contribution >= 0.6 is 0 Å². The minimum absolute atomic E-state index is 0.0857. The number of hydrogen-bond acceptors (Lipinski definition) is 4. The lowest BCUT2D eigenvalue weighted by molar-refractivity contribution is 0.0970. The van der Waals surface area contributed by atoms with Crippen molar-refractivity contribution in [1.29, 1.82) is 0 Å². The fourth-order valence-corrected chi connectivity index (χ4v) is 3.88. The van der Waals surface area contributed by atoms with Crippen LogP contribution in [0, 0.1) is 13.8 Å². The molecule has 5 nitrogen and oxygen atoms in total. The van der Waals surface area contributed by atoms with Crippen LogP contribution in [-0.2, 0) is 0 Å². The highest BCUT2D eigenvalue weighted by molar-refractivity contribution is 6.10. The van der Waals surface area contributed by atoms with Gasteiger partial charge in [0, 0.05) is 5.69 Å². The minimum Gasteiger partial charge on any atom is -0.450 e. The van der Waals surface area contributed by atoms with Gasteiger partial charge in [0.15, 0.2) is 5.43 Å². The SMILES string of the molecule is Cc1ccc(C2c3c(oc4ccccc4c3=O)C(=O)N2c2cccc(C)n2)cc1. The second kappa shape index (κ2) is 6.41. The average molecular weight is 382 g/mol. The molecule has 4 aromatic rings. The van der Waals surface area contributed by atoms with Gasteiger partial charge in [-0.05, 0) is 43.7 Å². The Morgan fingerprint density at radius 3 is 2.41 bits per heavy atom. The minimum atomic E-state index is -0.590. The van der Waals surface area contributed by atoms with Crippen LogP contribution in [0.4, 0.5) is 5.82 Å². The second-order valence-corrected chi connectivity index (χ2v) is 7.30. The predicted octanol–water partition coefficient (Wildman–Crippen LogP) is 4.55. The number of aromatic nitrogens is 1. The molecule has 0 fully saturated rings. The molecular weight excluding hydrogens is 364 g/mol. The van der Waals surface area contributed by atoms with E-state index in [1.165, 1.54) is 0 Å². The third-order valence-electron chi connectivity index (χ3n) is 5.29. The first kappa shape index (κ1) is 17.4. The highest BCUT2D eigenvalue weighted by Gasteiger charge is 2.44. The van der Waals surface area contributed by atoms with Crippen LogP contribution in [0.15, 0.2) is 75.9 Å². The van der Waals surface area contributed by atoms with E-state index in [9.17, 15) is 9.59 Å². The highest BCUT2D eigenvalue weighted by Crippen LogP contribution is 2.40. The summed E-state index contributed by atoms with van der Waals surface area (Å²) in [5, 5.41) is 0.468. The monoisotopic (exact) mass is 382 g/mol. The number of anilines is 1. The van der Waals surface area contributed by atoms with Gasteiger partial charge in [0.05, 0.1) is 17.0 Å². The molecule has 1 unspecified atom stereocenters. The number of carbonyl (C=O) groups is 1. The Hall–Kier alpha value is -3.73. The molecule has 5 heteroatoms. The van der Waals surface area contributed by atoms with Crippen molar-refractivity contribution in [3.05, 3.63) is 105 Å². The maximum atomic E-state index is 13.4. The Morgan fingerprint density at radius 2 is 1.66 bits per heavy atom. The van der Waals surface area contributed by atoms with Gasteiger partial charge >= 0.3 is 0 Å². The number of pyridine rings is 1. The summed E-state index contributed by atoms with van der Waals surface area (Å²) in [6.07, 6.45) is 0. The van der Waals surface area contributed by atoms with Crippen molar-refractivity contribution in [1.82, 2.24) is 4.98 Å². The van der Waals surface area contributed by atoms with E-state index in [2.05, 4.69) is 4.98 Å². The van der Waals surface area contributed by atoms with Crippen molar-refractivity contribution in [2.75, 3.05) is 4.90 Å². The molecule has 0 N–H and O–H groups in total. The molecule has 1 aliphatic rings. The molecule has 2 aromatic heterocycles. The largest absolute Gasteiger partial charge is 0.450 e. The summed E-state index contributed by atoms with van der Waals surface area (Å²) in [6.45, 7) is 3.87. The number of fused-ring (bicyclic) bond motifs is 2. The van der Waals surface area contributed by atoms with Crippen LogP contribution in [0.25, 0.3) is 11.0 Å². The molecule has 1 aliphatic heterocycles. The van der Waals surface area contributed by atoms with Crippen LogP contribution in [0.3, 0.4) is 0 Å². The van der Waals surface area contributed by atoms with Crippen LogP contribution in [0.1, 0.15) is 39.0 Å². The van der Waals surface area contributed by atoms with E-state index in [4.69, 9.17) is 4.42 Å². The van der Waals surface area contributed by atoms with E-state index in [0.717, 1.165) is 16.8 Å². The number of nitrogens with zero attached hydrogens (tertiary/aromatic N) is 2. The Morgan fingerprint density at radius 1 is 0.897 bits per heavy atom. The lowest BCUT2D eigenvalue weighted by Gasteiger charge is -2.24. The topological polar surface area (TPSA) is 63.4 Å². The van der Waals surface area contributed by atoms with Gasteiger partial charge in [0.2, 0.25) is 5.76 Å². The molecular formula is C24H18N2O3. The Bertz CT molecular complexity index is 1320. The number of rotatable bonds is 2. The normalized spacial score (nSPS) is 15.7. The van der Waals surface area contributed by atoms with Crippen molar-refractivity contribution in [3.8, 4) is 0 Å². The number of amides is 1. The average Bonchev–Trinajstić information content (AvgIpc) is 3.02. The van der Waals surface area contributed by atoms with E-state index in [1.807, 2.05) is 50.2 Å². The fraction of sp³-hybridized carbons (Fsp3) is 0.125. The molecule has 5 rings (SSSR count). The molecule has 0 aliphatic carbocycles. The third-order valence-corrected chi connectivity index (χ3v) is 5.29. The van der Waals surface area contributed by atoms with Gasteiger partial charge in [-0.25, -0.2) is 4.98 Å². The fourth-order valence-electron chi connectivity index (χ4n) is 3.88. The molecule has 1 atom stereocenters. The Labute approximate surface area is 167 Å². The zero-order valence-electron chi connectivity index (χ0n) is 16.0. The molecule has 3 heterocycles. The van der Waals surface area contributed by atoms with Gasteiger partial charge in [0.25, 0.3) is 5.91 Å². The summed E-state index contributed by atoms with van der Waals surface area (Å²) in [7, 11) is 0. The lowest BCUT2D eigenvalue weighted by Crippen LogP contribution is -2.30. The van der Waals surface area contributed by atoms with Crippen molar-refractivity contribution < 1.29 is 9.21 Å². The van der Waals surface area contributed by atoms with Gasteiger partial charge in [-0.1, -0.05) is 48.0 Å². The smallest absolute Gasteiger partial charge is 0.296 e. The molecule has 0 spiro atoms. The number of aryl methyl sites for hydroxylation is 2. The Balaban J connectivity index is 1.82. The van der Waals surface area contributed by atoms with Crippen LogP contribution in [0.2, 0.25) is 0 Å². The van der Waals surface area contributed by atoms with E-state index in [-0.39, 0.29) is 17.1 Å². The van der Waals surface area contributed by atoms with Gasteiger partial charge < -0.3 is 4.42 Å². The third kappa shape index (κ3) is 2.66. The first-order valence-electron chi connectivity index (χ1n) is 9.44. The number of benzene rings is 2. The van der Waals surface area contributed by atoms with Gasteiger partial charge in [0.1, 0.15) is 11.4 Å². The molecule has 0 bridgehead atoms. The maximum Gasteiger partial charge on any atom is 0.296 e. The summed E-state index contributed by atoms with van der Waals surface area (Å²) >= 11 is 0. The zero-order chi connectivity index (χ0) is 20.1. The number of para-hydroxylation sites is 1. The van der Waals surface area contributed by atoms with Crippen molar-refractivity contribution in [2.45, 2.75) is 19.9 Å². The maximum absolute atomic E-state index is 13.4. The molecule has 2 aromatic carbocycles. The van der Waals surface area contributed by atoms with Crippen molar-refractivity contribution in [2.24, 2.45) is 0 Å². The summed E-state index contributed by atoms with van der Waals surface area (Å²) in [5.41, 5.74) is 3.32. The molecule has 29 heavy (non-hydrogen) atoms. The standard InChI is InChI=1S/C24H18N2O3/c1-14-10-12-16(13-11-14)21-20-22(27)17-7-3-4-8-18(17)29-23(20)24(28)26(21)19-9-5-6-15(2)25-19/h3-13,21H,1-2H3. The van der Waals surface area contributed by atoms with Gasteiger partial charge in [-0.15, -0.1) is 0 Å². The summed E-state index contributed by atoms with van der Waals surface area (Å²) in [6, 6.07) is 19.8. The lowest BCUT2D eigenvalue weighted by atomic mass is 9.97. The quantitative estimate of drug-likeness (QED) is 0.510. The first-order chi connectivity index (χ1) is 14.0. The first-order valence-corrected chi connectivity index (χ1v) is 9.44. The van der Waals surface area contributed by atoms with Gasteiger partial charge in [-0.3, -0.25) is 14.5 Å². The number of hydrogen-bond donors (Lipinski definition) is 0. The van der Waals surface area contributed by atoms with E-state index in [1.54, 1.807) is 35.2 Å². The zero-order valence-corrected chi connectivity index (χ0v) is 16.0. The number of carbonyl (C=O) groups excluding carboxylic acids is 1. The van der Waals surface area contributed by atoms with Crippen molar-refractivity contribution >= 4 is 22.7 Å². The second-order valence-electron chi connectivity index (χ2n) is 7.30. The Kier molecular flexibility index (Phi) is 3.84. The molecule has 0 saturated heterocycles. The van der Waals surface area contributed by atoms with E-state index >= 15 is 0 Å². The summed E-state index contributed by atoms with van der Waals surface area (Å²) in [4.78, 5) is 32.9. The summed E-state index contributed by atoms with van der Waals surface area (Å²) < 4.78 is 5.94.